The van der Waals surface area contributed by atoms with Crippen LogP contribution in [0.3, 0.4) is 0 Å². The van der Waals surface area contributed by atoms with Crippen LogP contribution in [-0.2, 0) is 0 Å². The quantitative estimate of drug-likeness (QED) is 0.874. The third kappa shape index (κ3) is 2.51. The molecule has 0 saturated heterocycles. The fourth-order valence-corrected chi connectivity index (χ4v) is 2.29. The molecule has 2 rings (SSSR count). The van der Waals surface area contributed by atoms with Crippen molar-refractivity contribution in [3.05, 3.63) is 33.8 Å². The molecule has 0 aromatic heterocycles. The summed E-state index contributed by atoms with van der Waals surface area (Å²) in [5, 5.41) is 11.2. The minimum Gasteiger partial charge on any atom is -0.392 e. The van der Waals surface area contributed by atoms with E-state index in [9.17, 15) is 5.11 Å². The van der Waals surface area contributed by atoms with Gasteiger partial charge in [0.15, 0.2) is 0 Å². The van der Waals surface area contributed by atoms with E-state index in [2.05, 4.69) is 0 Å². The molecule has 0 spiro atoms. The summed E-state index contributed by atoms with van der Waals surface area (Å²) < 4.78 is 0. The first-order valence-electron chi connectivity index (χ1n) is 5.46. The van der Waals surface area contributed by atoms with Crippen LogP contribution in [0.1, 0.15) is 24.3 Å². The van der Waals surface area contributed by atoms with Crippen molar-refractivity contribution in [2.75, 3.05) is 6.54 Å². The van der Waals surface area contributed by atoms with Crippen molar-refractivity contribution in [1.29, 1.82) is 0 Å². The molecular formula is C12H15Cl2NO. The summed E-state index contributed by atoms with van der Waals surface area (Å²) in [5.41, 5.74) is 6.69. The Bertz CT molecular complexity index is 379. The van der Waals surface area contributed by atoms with Crippen molar-refractivity contribution in [1.82, 2.24) is 0 Å². The van der Waals surface area contributed by atoms with E-state index in [1.807, 2.05) is 6.07 Å². The first kappa shape index (κ1) is 12.2. The minimum absolute atomic E-state index is 0.0396. The van der Waals surface area contributed by atoms with E-state index in [1.54, 1.807) is 12.1 Å². The molecule has 4 heteroatoms. The van der Waals surface area contributed by atoms with Gasteiger partial charge < -0.3 is 10.8 Å². The molecule has 1 fully saturated rings. The molecule has 1 aromatic carbocycles. The van der Waals surface area contributed by atoms with E-state index in [-0.39, 0.29) is 12.0 Å². The molecule has 16 heavy (non-hydrogen) atoms. The second kappa shape index (κ2) is 4.92. The summed E-state index contributed by atoms with van der Waals surface area (Å²) in [6, 6.07) is 5.44. The average Bonchev–Trinajstić information content (AvgIpc) is 3.07. The van der Waals surface area contributed by atoms with Gasteiger partial charge >= 0.3 is 0 Å². The second-order valence-corrected chi connectivity index (χ2v) is 5.16. The van der Waals surface area contributed by atoms with Crippen LogP contribution < -0.4 is 5.73 Å². The molecule has 1 saturated carbocycles. The Balaban J connectivity index is 2.21. The molecule has 1 aliphatic rings. The Morgan fingerprint density at radius 1 is 1.31 bits per heavy atom. The highest BCUT2D eigenvalue weighted by Gasteiger charge is 2.35. The summed E-state index contributed by atoms with van der Waals surface area (Å²) in [6.45, 7) is 0.426. The van der Waals surface area contributed by atoms with Gasteiger partial charge in [0.1, 0.15) is 0 Å². The molecule has 3 N–H and O–H groups in total. The van der Waals surface area contributed by atoms with E-state index >= 15 is 0 Å². The maximum Gasteiger partial charge on any atom is 0.0649 e. The normalized spacial score (nSPS) is 19.5. The summed E-state index contributed by atoms with van der Waals surface area (Å²) in [6.07, 6.45) is 1.83. The van der Waals surface area contributed by atoms with Gasteiger partial charge in [-0.25, -0.2) is 0 Å². The van der Waals surface area contributed by atoms with Gasteiger partial charge in [-0.2, -0.15) is 0 Å². The monoisotopic (exact) mass is 259 g/mol. The topological polar surface area (TPSA) is 46.2 Å². The standard InChI is InChI=1S/C12H15Cl2NO/c13-10-4-3-8(5-11(10)14)9(6-15)12(16)7-1-2-7/h3-5,7,9,12,16H,1-2,6,15H2. The Hall–Kier alpha value is -0.280. The summed E-state index contributed by atoms with van der Waals surface area (Å²) in [4.78, 5) is 0. The molecule has 0 amide bonds. The Morgan fingerprint density at radius 2 is 2.00 bits per heavy atom. The smallest absolute Gasteiger partial charge is 0.0649 e. The van der Waals surface area contributed by atoms with Crippen LogP contribution >= 0.6 is 23.2 Å². The fourth-order valence-electron chi connectivity index (χ4n) is 1.98. The molecule has 2 unspecified atom stereocenters. The third-order valence-electron chi connectivity index (χ3n) is 3.14. The van der Waals surface area contributed by atoms with Gasteiger partial charge in [-0.05, 0) is 36.5 Å². The molecule has 0 heterocycles. The van der Waals surface area contributed by atoms with Crippen molar-refractivity contribution in [3.8, 4) is 0 Å². The number of halogens is 2. The Kier molecular flexibility index (Phi) is 3.75. The van der Waals surface area contributed by atoms with E-state index in [4.69, 9.17) is 28.9 Å². The fraction of sp³-hybridized carbons (Fsp3) is 0.500. The average molecular weight is 260 g/mol. The van der Waals surface area contributed by atoms with Crippen LogP contribution in [-0.4, -0.2) is 17.8 Å². The lowest BCUT2D eigenvalue weighted by atomic mass is 9.91. The van der Waals surface area contributed by atoms with Gasteiger partial charge in [0.05, 0.1) is 16.1 Å². The third-order valence-corrected chi connectivity index (χ3v) is 3.88. The van der Waals surface area contributed by atoms with Crippen molar-refractivity contribution in [2.24, 2.45) is 11.7 Å². The van der Waals surface area contributed by atoms with Gasteiger partial charge in [-0.1, -0.05) is 29.3 Å². The van der Waals surface area contributed by atoms with E-state index < -0.39 is 0 Å². The number of hydrogen-bond acceptors (Lipinski definition) is 2. The van der Waals surface area contributed by atoms with Crippen LogP contribution in [0.2, 0.25) is 10.0 Å². The van der Waals surface area contributed by atoms with Gasteiger partial charge in [-0.3, -0.25) is 0 Å². The highest BCUT2D eigenvalue weighted by atomic mass is 35.5. The lowest BCUT2D eigenvalue weighted by Crippen LogP contribution is -2.27. The number of aliphatic hydroxyl groups is 1. The summed E-state index contributed by atoms with van der Waals surface area (Å²) in [7, 11) is 0. The van der Waals surface area contributed by atoms with Gasteiger partial charge in [0.25, 0.3) is 0 Å². The molecule has 2 nitrogen and oxygen atoms in total. The zero-order chi connectivity index (χ0) is 11.7. The molecule has 2 atom stereocenters. The number of nitrogens with two attached hydrogens (primary N) is 1. The first-order chi connectivity index (χ1) is 7.63. The number of aliphatic hydroxyl groups excluding tert-OH is 1. The van der Waals surface area contributed by atoms with Crippen LogP contribution in [0, 0.1) is 5.92 Å². The molecule has 0 bridgehead atoms. The van der Waals surface area contributed by atoms with Gasteiger partial charge in [0, 0.05) is 12.5 Å². The largest absolute Gasteiger partial charge is 0.392 e. The number of hydrogen-bond donors (Lipinski definition) is 2. The highest BCUT2D eigenvalue weighted by molar-refractivity contribution is 6.42. The minimum atomic E-state index is -0.359. The highest BCUT2D eigenvalue weighted by Crippen LogP contribution is 2.39. The van der Waals surface area contributed by atoms with Crippen LogP contribution in [0.5, 0.6) is 0 Å². The van der Waals surface area contributed by atoms with Gasteiger partial charge in [0.2, 0.25) is 0 Å². The summed E-state index contributed by atoms with van der Waals surface area (Å²) in [5.74, 6) is 0.366. The Labute approximate surface area is 105 Å². The SMILES string of the molecule is NCC(c1ccc(Cl)c(Cl)c1)C(O)C1CC1. The predicted octanol–water partition coefficient (Wildman–Crippen LogP) is 2.81. The van der Waals surface area contributed by atoms with Crippen LogP contribution in [0.4, 0.5) is 0 Å². The molecule has 0 aliphatic heterocycles. The van der Waals surface area contributed by atoms with Crippen molar-refractivity contribution >= 4 is 23.2 Å². The first-order valence-corrected chi connectivity index (χ1v) is 6.22. The van der Waals surface area contributed by atoms with Crippen molar-refractivity contribution < 1.29 is 5.11 Å². The lowest BCUT2D eigenvalue weighted by molar-refractivity contribution is 0.123. The molecule has 1 aromatic rings. The van der Waals surface area contributed by atoms with Crippen molar-refractivity contribution in [2.45, 2.75) is 24.9 Å². The summed E-state index contributed by atoms with van der Waals surface area (Å²) >= 11 is 11.8. The molecule has 0 radical (unpaired) electrons. The zero-order valence-corrected chi connectivity index (χ0v) is 10.4. The maximum atomic E-state index is 10.1. The number of rotatable bonds is 4. The lowest BCUT2D eigenvalue weighted by Gasteiger charge is -2.22. The molecule has 88 valence electrons. The van der Waals surface area contributed by atoms with Crippen LogP contribution in [0.25, 0.3) is 0 Å². The number of benzene rings is 1. The predicted molar refractivity (Wildman–Crippen MR) is 67.0 cm³/mol. The van der Waals surface area contributed by atoms with E-state index in [1.165, 1.54) is 0 Å². The zero-order valence-electron chi connectivity index (χ0n) is 8.87. The Morgan fingerprint density at radius 3 is 2.50 bits per heavy atom. The molecular weight excluding hydrogens is 245 g/mol. The maximum absolute atomic E-state index is 10.1. The van der Waals surface area contributed by atoms with E-state index in [0.29, 0.717) is 22.5 Å². The van der Waals surface area contributed by atoms with Gasteiger partial charge in [-0.15, -0.1) is 0 Å². The van der Waals surface area contributed by atoms with E-state index in [0.717, 1.165) is 18.4 Å². The van der Waals surface area contributed by atoms with Crippen molar-refractivity contribution in [3.63, 3.8) is 0 Å². The second-order valence-electron chi connectivity index (χ2n) is 4.34. The van der Waals surface area contributed by atoms with Crippen LogP contribution in [0.15, 0.2) is 18.2 Å². The molecule has 1 aliphatic carbocycles.